The summed E-state index contributed by atoms with van der Waals surface area (Å²) in [7, 11) is 0. The number of ether oxygens (including phenoxy) is 1. The molecule has 0 atom stereocenters. The lowest BCUT2D eigenvalue weighted by molar-refractivity contribution is -0.109. The van der Waals surface area contributed by atoms with Crippen LogP contribution in [0.3, 0.4) is 0 Å². The van der Waals surface area contributed by atoms with Gasteiger partial charge in [0.05, 0.1) is 29.6 Å². The molecule has 0 aromatic carbocycles. The van der Waals surface area contributed by atoms with Crippen LogP contribution in [-0.2, 0) is 16.9 Å². The van der Waals surface area contributed by atoms with Crippen LogP contribution in [0, 0.1) is 0 Å². The van der Waals surface area contributed by atoms with Crippen molar-refractivity contribution in [1.82, 2.24) is 30.0 Å². The molecule has 0 unspecified atom stereocenters. The standard InChI is InChI=1S/C20H23ClN6O2/c1-2-22-19(28)26-5-3-20(4-6-26)17-10-16(25-27(17)7-8-29-20)13-9-14-15(21)12-24-18(14)23-11-13/h9-12H,2-8H2,1H3,(H,22,28)(H,23,24). The van der Waals surface area contributed by atoms with Crippen molar-refractivity contribution in [3.05, 3.63) is 35.2 Å². The molecule has 0 bridgehead atoms. The van der Waals surface area contributed by atoms with Gasteiger partial charge in [-0.1, -0.05) is 11.6 Å². The summed E-state index contributed by atoms with van der Waals surface area (Å²) in [4.78, 5) is 21.5. The number of likely N-dealkylation sites (tertiary alicyclic amines) is 1. The first-order valence-corrected chi connectivity index (χ1v) is 10.4. The van der Waals surface area contributed by atoms with Gasteiger partial charge in [0.2, 0.25) is 0 Å². The van der Waals surface area contributed by atoms with Crippen LogP contribution in [-0.4, -0.2) is 56.9 Å². The van der Waals surface area contributed by atoms with Crippen LogP contribution in [0.15, 0.2) is 24.5 Å². The molecule has 0 radical (unpaired) electrons. The summed E-state index contributed by atoms with van der Waals surface area (Å²) < 4.78 is 8.33. The number of nitrogens with one attached hydrogen (secondary N) is 2. The van der Waals surface area contributed by atoms with Crippen LogP contribution < -0.4 is 5.32 Å². The monoisotopic (exact) mass is 414 g/mol. The number of rotatable bonds is 2. The van der Waals surface area contributed by atoms with E-state index in [-0.39, 0.29) is 6.03 Å². The molecule has 3 aromatic heterocycles. The van der Waals surface area contributed by atoms with Gasteiger partial charge in [0.1, 0.15) is 11.2 Å². The van der Waals surface area contributed by atoms with E-state index in [1.54, 1.807) is 6.20 Å². The molecule has 29 heavy (non-hydrogen) atoms. The average Bonchev–Trinajstić information content (AvgIpc) is 3.34. The molecule has 2 aliphatic rings. The summed E-state index contributed by atoms with van der Waals surface area (Å²) in [5.74, 6) is 0. The largest absolute Gasteiger partial charge is 0.367 e. The topological polar surface area (TPSA) is 88.1 Å². The highest BCUT2D eigenvalue weighted by atomic mass is 35.5. The molecular weight excluding hydrogens is 392 g/mol. The fraction of sp³-hybridized carbons (Fsp3) is 0.450. The van der Waals surface area contributed by atoms with Crippen molar-refractivity contribution in [1.29, 1.82) is 0 Å². The third-order valence-corrected chi connectivity index (χ3v) is 6.20. The highest BCUT2D eigenvalue weighted by molar-refractivity contribution is 6.35. The number of halogens is 1. The van der Waals surface area contributed by atoms with Crippen LogP contribution in [0.4, 0.5) is 4.79 Å². The lowest BCUT2D eigenvalue weighted by Crippen LogP contribution is -2.51. The normalized spacial score (nSPS) is 18.2. The molecule has 5 rings (SSSR count). The van der Waals surface area contributed by atoms with Gasteiger partial charge in [-0.25, -0.2) is 9.78 Å². The lowest BCUT2D eigenvalue weighted by Gasteiger charge is -2.43. The molecule has 0 saturated carbocycles. The number of pyridine rings is 1. The second-order valence-corrected chi connectivity index (χ2v) is 7.97. The Bertz CT molecular complexity index is 1070. The minimum Gasteiger partial charge on any atom is -0.367 e. The van der Waals surface area contributed by atoms with Crippen LogP contribution in [0.2, 0.25) is 5.02 Å². The number of fused-ring (bicyclic) bond motifs is 3. The predicted molar refractivity (Wildman–Crippen MR) is 110 cm³/mol. The van der Waals surface area contributed by atoms with Gasteiger partial charge in [-0.15, -0.1) is 0 Å². The Balaban J connectivity index is 1.45. The zero-order valence-corrected chi connectivity index (χ0v) is 17.0. The Labute approximate surface area is 173 Å². The minimum absolute atomic E-state index is 0.00452. The molecule has 3 aromatic rings. The second-order valence-electron chi connectivity index (χ2n) is 7.56. The number of carbonyl (C=O) groups is 1. The molecule has 5 heterocycles. The summed E-state index contributed by atoms with van der Waals surface area (Å²) in [5.41, 5.74) is 3.24. The third-order valence-electron chi connectivity index (χ3n) is 5.89. The van der Waals surface area contributed by atoms with Gasteiger partial charge in [0.15, 0.2) is 0 Å². The first-order chi connectivity index (χ1) is 14.1. The van der Waals surface area contributed by atoms with Gasteiger partial charge in [0, 0.05) is 43.0 Å². The molecule has 0 aliphatic carbocycles. The average molecular weight is 415 g/mol. The Morgan fingerprint density at radius 3 is 2.97 bits per heavy atom. The van der Waals surface area contributed by atoms with Gasteiger partial charge in [0.25, 0.3) is 0 Å². The maximum atomic E-state index is 12.2. The van der Waals surface area contributed by atoms with E-state index < -0.39 is 5.60 Å². The summed E-state index contributed by atoms with van der Waals surface area (Å²) >= 11 is 6.26. The van der Waals surface area contributed by atoms with Gasteiger partial charge in [-0.05, 0) is 31.9 Å². The number of nitrogens with zero attached hydrogens (tertiary/aromatic N) is 4. The van der Waals surface area contributed by atoms with E-state index in [4.69, 9.17) is 21.4 Å². The Morgan fingerprint density at radius 2 is 2.17 bits per heavy atom. The summed E-state index contributed by atoms with van der Waals surface area (Å²) in [6.07, 6.45) is 5.08. The molecular formula is C20H23ClN6O2. The minimum atomic E-state index is -0.393. The lowest BCUT2D eigenvalue weighted by atomic mass is 9.86. The predicted octanol–water partition coefficient (Wildman–Crippen LogP) is 3.13. The number of amides is 2. The van der Waals surface area contributed by atoms with Crippen LogP contribution in [0.1, 0.15) is 25.5 Å². The highest BCUT2D eigenvalue weighted by Crippen LogP contribution is 2.40. The first kappa shape index (κ1) is 18.4. The summed E-state index contributed by atoms with van der Waals surface area (Å²) in [5, 5.41) is 9.24. The molecule has 9 heteroatoms. The molecule has 8 nitrogen and oxygen atoms in total. The fourth-order valence-electron chi connectivity index (χ4n) is 4.34. The van der Waals surface area contributed by atoms with Crippen LogP contribution in [0.25, 0.3) is 22.3 Å². The van der Waals surface area contributed by atoms with E-state index in [1.807, 2.05) is 28.8 Å². The van der Waals surface area contributed by atoms with Crippen molar-refractivity contribution in [2.75, 3.05) is 26.2 Å². The zero-order chi connectivity index (χ0) is 20.0. The number of H-pyrrole nitrogens is 1. The van der Waals surface area contributed by atoms with E-state index in [2.05, 4.69) is 21.4 Å². The second kappa shape index (κ2) is 7.03. The number of carbonyl (C=O) groups excluding carboxylic acids is 1. The highest BCUT2D eigenvalue weighted by Gasteiger charge is 2.43. The molecule has 2 amide bonds. The van der Waals surface area contributed by atoms with E-state index in [0.29, 0.717) is 31.3 Å². The summed E-state index contributed by atoms with van der Waals surface area (Å²) in [6, 6.07) is 4.11. The van der Waals surface area contributed by atoms with Crippen molar-refractivity contribution in [2.45, 2.75) is 31.9 Å². The van der Waals surface area contributed by atoms with Crippen molar-refractivity contribution >= 4 is 28.7 Å². The van der Waals surface area contributed by atoms with Crippen molar-refractivity contribution < 1.29 is 9.53 Å². The Morgan fingerprint density at radius 1 is 1.34 bits per heavy atom. The number of aromatic amines is 1. The van der Waals surface area contributed by atoms with Crippen LogP contribution in [0.5, 0.6) is 0 Å². The quantitative estimate of drug-likeness (QED) is 0.674. The molecule has 1 saturated heterocycles. The van der Waals surface area contributed by atoms with Gasteiger partial charge in [-0.2, -0.15) is 5.10 Å². The maximum Gasteiger partial charge on any atom is 0.317 e. The van der Waals surface area contributed by atoms with Crippen molar-refractivity contribution in [3.63, 3.8) is 0 Å². The van der Waals surface area contributed by atoms with Crippen molar-refractivity contribution in [2.24, 2.45) is 0 Å². The SMILES string of the molecule is CCNC(=O)N1CCC2(CC1)OCCn1nc(-c3cnc4[nH]cc(Cl)c4c3)cc12. The Hall–Kier alpha value is -2.58. The van der Waals surface area contributed by atoms with Gasteiger partial charge >= 0.3 is 6.03 Å². The van der Waals surface area contributed by atoms with Crippen LogP contribution >= 0.6 is 11.6 Å². The molecule has 2 N–H and O–H groups in total. The number of urea groups is 1. The number of hydrogen-bond donors (Lipinski definition) is 2. The first-order valence-electron chi connectivity index (χ1n) is 9.98. The van der Waals surface area contributed by atoms with E-state index in [1.165, 1.54) is 0 Å². The van der Waals surface area contributed by atoms with E-state index >= 15 is 0 Å². The molecule has 1 fully saturated rings. The van der Waals surface area contributed by atoms with Gasteiger partial charge in [-0.3, -0.25) is 4.68 Å². The third kappa shape index (κ3) is 3.07. The number of hydrogen-bond acceptors (Lipinski definition) is 4. The van der Waals surface area contributed by atoms with Gasteiger partial charge < -0.3 is 19.9 Å². The number of piperidine rings is 1. The maximum absolute atomic E-state index is 12.2. The zero-order valence-electron chi connectivity index (χ0n) is 16.2. The van der Waals surface area contributed by atoms with E-state index in [0.717, 1.165) is 47.4 Å². The molecule has 1 spiro atoms. The molecule has 2 aliphatic heterocycles. The smallest absolute Gasteiger partial charge is 0.317 e. The number of aromatic nitrogens is 4. The Kier molecular flexibility index (Phi) is 4.48. The fourth-order valence-corrected chi connectivity index (χ4v) is 4.54. The molecule has 152 valence electrons. The van der Waals surface area contributed by atoms with E-state index in [9.17, 15) is 4.79 Å². The summed E-state index contributed by atoms with van der Waals surface area (Å²) in [6.45, 7) is 5.24. The van der Waals surface area contributed by atoms with Crippen molar-refractivity contribution in [3.8, 4) is 11.3 Å².